The molecule has 27 heavy (non-hydrogen) atoms. The van der Waals surface area contributed by atoms with Crippen molar-refractivity contribution in [2.45, 2.75) is 19.3 Å². The van der Waals surface area contributed by atoms with E-state index >= 15 is 0 Å². The summed E-state index contributed by atoms with van der Waals surface area (Å²) in [6.07, 6.45) is 4.63. The molecule has 1 aliphatic rings. The Morgan fingerprint density at radius 3 is 2.74 bits per heavy atom. The number of nitrogens with zero attached hydrogens (tertiary/aromatic N) is 4. The molecule has 3 aromatic rings. The second-order valence-electron chi connectivity index (χ2n) is 6.76. The Labute approximate surface area is 159 Å². The summed E-state index contributed by atoms with van der Waals surface area (Å²) in [4.78, 5) is 15.7. The minimum absolute atomic E-state index is 0.375. The van der Waals surface area contributed by atoms with Crippen LogP contribution >= 0.6 is 0 Å². The van der Waals surface area contributed by atoms with Gasteiger partial charge in [0.2, 0.25) is 5.95 Å². The van der Waals surface area contributed by atoms with Gasteiger partial charge in [-0.2, -0.15) is 0 Å². The second kappa shape index (κ2) is 7.61. The molecule has 1 atom stereocenters. The van der Waals surface area contributed by atoms with Crippen molar-refractivity contribution in [3.8, 4) is 5.75 Å². The van der Waals surface area contributed by atoms with E-state index in [0.717, 1.165) is 54.0 Å². The average Bonchev–Trinajstić information content (AvgIpc) is 3.19. The van der Waals surface area contributed by atoms with Crippen LogP contribution in [0.2, 0.25) is 0 Å². The van der Waals surface area contributed by atoms with Crippen LogP contribution in [0.1, 0.15) is 23.7 Å². The van der Waals surface area contributed by atoms with Crippen molar-refractivity contribution in [1.82, 2.24) is 15.0 Å². The van der Waals surface area contributed by atoms with E-state index in [1.165, 1.54) is 0 Å². The maximum absolute atomic E-state index is 5.31. The third kappa shape index (κ3) is 4.00. The van der Waals surface area contributed by atoms with E-state index in [4.69, 9.17) is 9.72 Å². The monoisotopic (exact) mass is 361 g/mol. The fourth-order valence-electron chi connectivity index (χ4n) is 3.48. The highest BCUT2D eigenvalue weighted by Crippen LogP contribution is 2.30. The number of nitrogens with one attached hydrogen (secondary N) is 1. The third-order valence-corrected chi connectivity index (χ3v) is 4.77. The Morgan fingerprint density at radius 2 is 1.93 bits per heavy atom. The molecule has 1 fully saturated rings. The molecule has 3 heterocycles. The lowest BCUT2D eigenvalue weighted by atomic mass is 10.0. The van der Waals surface area contributed by atoms with Crippen LogP contribution in [-0.2, 0) is 0 Å². The van der Waals surface area contributed by atoms with Crippen molar-refractivity contribution in [1.29, 1.82) is 0 Å². The number of anilines is 3. The predicted molar refractivity (Wildman–Crippen MR) is 107 cm³/mol. The number of rotatable bonds is 5. The van der Waals surface area contributed by atoms with Gasteiger partial charge >= 0.3 is 0 Å². The van der Waals surface area contributed by atoms with Crippen LogP contribution < -0.4 is 15.0 Å². The van der Waals surface area contributed by atoms with Crippen LogP contribution in [0.15, 0.2) is 54.9 Å². The average molecular weight is 361 g/mol. The van der Waals surface area contributed by atoms with Gasteiger partial charge in [0.15, 0.2) is 0 Å². The molecule has 4 rings (SSSR count). The van der Waals surface area contributed by atoms with Crippen LogP contribution in [0.5, 0.6) is 5.75 Å². The summed E-state index contributed by atoms with van der Waals surface area (Å²) in [6.45, 7) is 3.87. The zero-order valence-electron chi connectivity index (χ0n) is 15.6. The van der Waals surface area contributed by atoms with Gasteiger partial charge in [-0.3, -0.25) is 4.98 Å². The highest BCUT2D eigenvalue weighted by molar-refractivity contribution is 5.62. The SMILES string of the molecule is COc1cccc(Nc2cc(C)nc(C3CCN(c4ncccn4)C3)c2)c1. The van der Waals surface area contributed by atoms with Gasteiger partial charge in [0.25, 0.3) is 0 Å². The molecule has 1 N–H and O–H groups in total. The number of benzene rings is 1. The van der Waals surface area contributed by atoms with Gasteiger partial charge in [0.05, 0.1) is 7.11 Å². The molecule has 0 spiro atoms. The lowest BCUT2D eigenvalue weighted by molar-refractivity contribution is 0.415. The largest absolute Gasteiger partial charge is 0.497 e. The van der Waals surface area contributed by atoms with Crippen molar-refractivity contribution >= 4 is 17.3 Å². The number of aromatic nitrogens is 3. The number of hydrogen-bond acceptors (Lipinski definition) is 6. The summed E-state index contributed by atoms with van der Waals surface area (Å²) in [5.41, 5.74) is 4.16. The highest BCUT2D eigenvalue weighted by Gasteiger charge is 2.26. The Balaban J connectivity index is 1.52. The van der Waals surface area contributed by atoms with Gasteiger partial charge in [0.1, 0.15) is 5.75 Å². The normalized spacial score (nSPS) is 16.4. The Bertz CT molecular complexity index is 915. The van der Waals surface area contributed by atoms with E-state index in [-0.39, 0.29) is 0 Å². The maximum atomic E-state index is 5.31. The molecule has 0 radical (unpaired) electrons. The first-order valence-electron chi connectivity index (χ1n) is 9.13. The minimum atomic E-state index is 0.375. The van der Waals surface area contributed by atoms with E-state index in [2.05, 4.69) is 32.3 Å². The Morgan fingerprint density at radius 1 is 1.07 bits per heavy atom. The van der Waals surface area contributed by atoms with E-state index < -0.39 is 0 Å². The van der Waals surface area contributed by atoms with Crippen molar-refractivity contribution in [2.24, 2.45) is 0 Å². The molecule has 1 aliphatic heterocycles. The van der Waals surface area contributed by atoms with Crippen LogP contribution in [0.4, 0.5) is 17.3 Å². The summed E-state index contributed by atoms with van der Waals surface area (Å²) in [5.74, 6) is 2.00. The summed E-state index contributed by atoms with van der Waals surface area (Å²) in [6, 6.07) is 14.0. The predicted octanol–water partition coefficient (Wildman–Crippen LogP) is 3.93. The molecule has 1 aromatic carbocycles. The molecular weight excluding hydrogens is 338 g/mol. The van der Waals surface area contributed by atoms with Crippen molar-refractivity contribution < 1.29 is 4.74 Å². The second-order valence-corrected chi connectivity index (χ2v) is 6.76. The summed E-state index contributed by atoms with van der Waals surface area (Å²) in [7, 11) is 1.68. The highest BCUT2D eigenvalue weighted by atomic mass is 16.5. The van der Waals surface area contributed by atoms with Crippen molar-refractivity contribution in [3.05, 3.63) is 66.2 Å². The van der Waals surface area contributed by atoms with Crippen molar-refractivity contribution in [3.63, 3.8) is 0 Å². The zero-order valence-corrected chi connectivity index (χ0v) is 15.6. The first-order valence-corrected chi connectivity index (χ1v) is 9.13. The van der Waals surface area contributed by atoms with Crippen molar-refractivity contribution in [2.75, 3.05) is 30.4 Å². The first kappa shape index (κ1) is 17.3. The van der Waals surface area contributed by atoms with Crippen LogP contribution in [0.3, 0.4) is 0 Å². The van der Waals surface area contributed by atoms with E-state index in [0.29, 0.717) is 5.92 Å². The molecule has 0 amide bonds. The molecular formula is C21H23N5O. The molecule has 138 valence electrons. The van der Waals surface area contributed by atoms with Gasteiger partial charge in [-0.25, -0.2) is 9.97 Å². The Kier molecular flexibility index (Phi) is 4.87. The van der Waals surface area contributed by atoms with Gasteiger partial charge in [-0.15, -0.1) is 0 Å². The minimum Gasteiger partial charge on any atom is -0.497 e. The lowest BCUT2D eigenvalue weighted by Crippen LogP contribution is -2.21. The van der Waals surface area contributed by atoms with E-state index in [1.807, 2.05) is 37.3 Å². The molecule has 0 saturated carbocycles. The molecule has 0 aliphatic carbocycles. The Hall–Kier alpha value is -3.15. The van der Waals surface area contributed by atoms with Gasteiger partial charge in [-0.1, -0.05) is 6.07 Å². The molecule has 6 nitrogen and oxygen atoms in total. The quantitative estimate of drug-likeness (QED) is 0.743. The number of hydrogen-bond donors (Lipinski definition) is 1. The van der Waals surface area contributed by atoms with Crippen LogP contribution in [0, 0.1) is 6.92 Å². The van der Waals surface area contributed by atoms with Crippen LogP contribution in [0.25, 0.3) is 0 Å². The summed E-state index contributed by atoms with van der Waals surface area (Å²) in [5, 5.41) is 3.47. The van der Waals surface area contributed by atoms with E-state index in [9.17, 15) is 0 Å². The topological polar surface area (TPSA) is 63.2 Å². The number of methoxy groups -OCH3 is 1. The standard InChI is InChI=1S/C21H23N5O/c1-15-11-18(25-17-5-3-6-19(12-17)27-2)13-20(24-15)16-7-10-26(14-16)21-22-8-4-9-23-21/h3-6,8-9,11-13,16H,7,10,14H2,1-2H3,(H,24,25). The summed E-state index contributed by atoms with van der Waals surface area (Å²) < 4.78 is 5.31. The third-order valence-electron chi connectivity index (χ3n) is 4.77. The number of aryl methyl sites for hydroxylation is 1. The molecule has 1 saturated heterocycles. The van der Waals surface area contributed by atoms with Gasteiger partial charge in [-0.05, 0) is 43.7 Å². The van der Waals surface area contributed by atoms with Crippen LogP contribution in [-0.4, -0.2) is 35.2 Å². The lowest BCUT2D eigenvalue weighted by Gasteiger charge is -2.17. The maximum Gasteiger partial charge on any atom is 0.225 e. The van der Waals surface area contributed by atoms with Gasteiger partial charge in [0, 0.05) is 60.2 Å². The van der Waals surface area contributed by atoms with Gasteiger partial charge < -0.3 is 15.0 Å². The molecule has 0 bridgehead atoms. The summed E-state index contributed by atoms with van der Waals surface area (Å²) >= 11 is 0. The molecule has 1 unspecified atom stereocenters. The smallest absolute Gasteiger partial charge is 0.225 e. The molecule has 6 heteroatoms. The fourth-order valence-corrected chi connectivity index (χ4v) is 3.48. The first-order chi connectivity index (χ1) is 13.2. The van der Waals surface area contributed by atoms with E-state index in [1.54, 1.807) is 19.5 Å². The fraction of sp³-hybridized carbons (Fsp3) is 0.286. The number of ether oxygens (including phenoxy) is 1. The number of pyridine rings is 1. The zero-order chi connectivity index (χ0) is 18.6. The molecule has 2 aromatic heterocycles.